The van der Waals surface area contributed by atoms with Gasteiger partial charge in [-0.15, -0.1) is 0 Å². The van der Waals surface area contributed by atoms with Crippen molar-refractivity contribution in [2.75, 3.05) is 11.9 Å². The molecule has 4 rings (SSSR count). The minimum atomic E-state index is -1.03. The second-order valence-corrected chi connectivity index (χ2v) is 6.74. The first-order chi connectivity index (χ1) is 13.1. The molecule has 4 nitrogen and oxygen atoms in total. The molecule has 0 atom stereocenters. The summed E-state index contributed by atoms with van der Waals surface area (Å²) in [7, 11) is 0. The van der Waals surface area contributed by atoms with E-state index in [1.54, 1.807) is 6.92 Å². The van der Waals surface area contributed by atoms with Gasteiger partial charge in [0.2, 0.25) is 5.76 Å². The van der Waals surface area contributed by atoms with E-state index in [4.69, 9.17) is 4.42 Å². The molecule has 0 radical (unpaired) electrons. The maximum atomic E-state index is 11.2. The highest BCUT2D eigenvalue weighted by molar-refractivity contribution is 5.96. The number of hydrogen-bond donors (Lipinski definition) is 2. The van der Waals surface area contributed by atoms with Crippen LogP contribution in [0.15, 0.2) is 65.1 Å². The fourth-order valence-electron chi connectivity index (χ4n) is 3.56. The zero-order valence-corrected chi connectivity index (χ0v) is 15.2. The molecule has 1 heterocycles. The largest absolute Gasteiger partial charge is 0.475 e. The van der Waals surface area contributed by atoms with E-state index in [0.717, 1.165) is 30.5 Å². The van der Waals surface area contributed by atoms with Crippen molar-refractivity contribution in [2.45, 2.75) is 19.8 Å². The highest BCUT2D eigenvalue weighted by atomic mass is 16.4. The second kappa shape index (κ2) is 7.16. The number of fused-ring (bicyclic) bond motifs is 2. The van der Waals surface area contributed by atoms with Gasteiger partial charge in [0.05, 0.1) is 0 Å². The van der Waals surface area contributed by atoms with E-state index in [-0.39, 0.29) is 5.76 Å². The standard InChI is InChI=1S/C23H21NO3/c1-15-20-14-18(11-12-21(20)27-22(15)23(25)26)24-13-5-9-17-8-4-7-16-6-2-3-10-19(16)17/h2-4,6-8,10-12,14,24H,5,9,13H2,1H3,(H,25,26). The third-order valence-electron chi connectivity index (χ3n) is 4.96. The maximum absolute atomic E-state index is 11.2. The van der Waals surface area contributed by atoms with Gasteiger partial charge < -0.3 is 14.8 Å². The van der Waals surface area contributed by atoms with E-state index >= 15 is 0 Å². The van der Waals surface area contributed by atoms with Crippen LogP contribution in [0.25, 0.3) is 21.7 Å². The van der Waals surface area contributed by atoms with Gasteiger partial charge in [-0.05, 0) is 54.3 Å². The average molecular weight is 359 g/mol. The Bertz CT molecular complexity index is 1120. The van der Waals surface area contributed by atoms with Crippen LogP contribution in [0.2, 0.25) is 0 Å². The fourth-order valence-corrected chi connectivity index (χ4v) is 3.56. The molecule has 2 N–H and O–H groups in total. The van der Waals surface area contributed by atoms with E-state index < -0.39 is 5.97 Å². The Morgan fingerprint density at radius 2 is 1.85 bits per heavy atom. The van der Waals surface area contributed by atoms with Crippen LogP contribution in [-0.2, 0) is 6.42 Å². The van der Waals surface area contributed by atoms with Crippen molar-refractivity contribution < 1.29 is 14.3 Å². The third-order valence-corrected chi connectivity index (χ3v) is 4.96. The molecular formula is C23H21NO3. The average Bonchev–Trinajstić information content (AvgIpc) is 3.02. The number of aromatic carboxylic acids is 1. The van der Waals surface area contributed by atoms with E-state index in [2.05, 4.69) is 47.8 Å². The molecule has 0 amide bonds. The number of rotatable bonds is 6. The van der Waals surface area contributed by atoms with Crippen LogP contribution in [0.1, 0.15) is 28.1 Å². The van der Waals surface area contributed by atoms with Gasteiger partial charge in [0, 0.05) is 23.2 Å². The molecule has 0 aliphatic carbocycles. The summed E-state index contributed by atoms with van der Waals surface area (Å²) in [5.41, 5.74) is 3.60. The van der Waals surface area contributed by atoms with Crippen LogP contribution in [-0.4, -0.2) is 17.6 Å². The van der Waals surface area contributed by atoms with Gasteiger partial charge in [0.25, 0.3) is 0 Å². The minimum Gasteiger partial charge on any atom is -0.475 e. The highest BCUT2D eigenvalue weighted by Crippen LogP contribution is 2.28. The van der Waals surface area contributed by atoms with Crippen LogP contribution in [0.3, 0.4) is 0 Å². The quantitative estimate of drug-likeness (QED) is 0.438. The Morgan fingerprint density at radius 3 is 2.70 bits per heavy atom. The monoisotopic (exact) mass is 359 g/mol. The molecule has 0 aliphatic rings. The summed E-state index contributed by atoms with van der Waals surface area (Å²) < 4.78 is 5.41. The number of nitrogens with one attached hydrogen (secondary N) is 1. The number of furan rings is 1. The molecule has 0 saturated heterocycles. The van der Waals surface area contributed by atoms with Crippen molar-refractivity contribution in [3.8, 4) is 0 Å². The maximum Gasteiger partial charge on any atom is 0.372 e. The third kappa shape index (κ3) is 3.38. The summed E-state index contributed by atoms with van der Waals surface area (Å²) in [5, 5.41) is 16.0. The molecule has 4 aromatic rings. The summed E-state index contributed by atoms with van der Waals surface area (Å²) in [6.45, 7) is 2.62. The molecule has 0 saturated carbocycles. The van der Waals surface area contributed by atoms with Gasteiger partial charge >= 0.3 is 5.97 Å². The van der Waals surface area contributed by atoms with Crippen molar-refractivity contribution in [3.63, 3.8) is 0 Å². The van der Waals surface area contributed by atoms with Crippen LogP contribution in [0.5, 0.6) is 0 Å². The van der Waals surface area contributed by atoms with Gasteiger partial charge in [-0.25, -0.2) is 4.79 Å². The van der Waals surface area contributed by atoms with Crippen LogP contribution in [0, 0.1) is 6.92 Å². The van der Waals surface area contributed by atoms with E-state index in [0.29, 0.717) is 11.1 Å². The summed E-state index contributed by atoms with van der Waals surface area (Å²) in [5.74, 6) is -1.02. The van der Waals surface area contributed by atoms with Crippen molar-refractivity contribution in [2.24, 2.45) is 0 Å². The first-order valence-electron chi connectivity index (χ1n) is 9.10. The normalized spacial score (nSPS) is 11.1. The molecule has 0 unspecified atom stereocenters. The number of hydrogen-bond acceptors (Lipinski definition) is 3. The summed E-state index contributed by atoms with van der Waals surface area (Å²) in [6.07, 6.45) is 2.02. The summed E-state index contributed by atoms with van der Waals surface area (Å²) in [6, 6.07) is 20.6. The number of carboxylic acid groups (broad SMARTS) is 1. The van der Waals surface area contributed by atoms with Crippen LogP contribution >= 0.6 is 0 Å². The van der Waals surface area contributed by atoms with Gasteiger partial charge in [-0.3, -0.25) is 0 Å². The number of anilines is 1. The predicted octanol–water partition coefficient (Wildman–Crippen LogP) is 5.64. The summed E-state index contributed by atoms with van der Waals surface area (Å²) in [4.78, 5) is 11.2. The lowest BCUT2D eigenvalue weighted by molar-refractivity contribution is 0.0664. The zero-order valence-electron chi connectivity index (χ0n) is 15.2. The Hall–Kier alpha value is -3.27. The molecule has 27 heavy (non-hydrogen) atoms. The van der Waals surface area contributed by atoms with Gasteiger partial charge in [0.1, 0.15) is 5.58 Å². The number of carbonyl (C=O) groups is 1. The molecule has 4 heteroatoms. The Balaban J connectivity index is 1.43. The molecule has 0 fully saturated rings. The lowest BCUT2D eigenvalue weighted by atomic mass is 10.0. The lowest BCUT2D eigenvalue weighted by Crippen LogP contribution is -2.03. The Morgan fingerprint density at radius 1 is 1.04 bits per heavy atom. The van der Waals surface area contributed by atoms with Crippen molar-refractivity contribution in [3.05, 3.63) is 77.6 Å². The van der Waals surface area contributed by atoms with E-state index in [1.165, 1.54) is 16.3 Å². The molecular weight excluding hydrogens is 338 g/mol. The van der Waals surface area contributed by atoms with Gasteiger partial charge in [-0.2, -0.15) is 0 Å². The topological polar surface area (TPSA) is 62.5 Å². The molecule has 1 aromatic heterocycles. The minimum absolute atomic E-state index is 0.0121. The molecule has 3 aromatic carbocycles. The number of carboxylic acids is 1. The highest BCUT2D eigenvalue weighted by Gasteiger charge is 2.16. The molecule has 0 aliphatic heterocycles. The predicted molar refractivity (Wildman–Crippen MR) is 109 cm³/mol. The molecule has 0 spiro atoms. The van der Waals surface area contributed by atoms with Gasteiger partial charge in [-0.1, -0.05) is 42.5 Å². The zero-order chi connectivity index (χ0) is 18.8. The smallest absolute Gasteiger partial charge is 0.372 e. The Labute approximate surface area is 157 Å². The first-order valence-corrected chi connectivity index (χ1v) is 9.10. The van der Waals surface area contributed by atoms with Crippen molar-refractivity contribution >= 4 is 33.4 Å². The van der Waals surface area contributed by atoms with Crippen LogP contribution < -0.4 is 5.32 Å². The van der Waals surface area contributed by atoms with Crippen molar-refractivity contribution in [1.29, 1.82) is 0 Å². The number of benzene rings is 3. The molecule has 136 valence electrons. The first kappa shape index (κ1) is 17.2. The fraction of sp³-hybridized carbons (Fsp3) is 0.174. The molecule has 0 bridgehead atoms. The van der Waals surface area contributed by atoms with Crippen LogP contribution in [0.4, 0.5) is 5.69 Å². The van der Waals surface area contributed by atoms with E-state index in [1.807, 2.05) is 18.2 Å². The van der Waals surface area contributed by atoms with Gasteiger partial charge in [0.15, 0.2) is 0 Å². The SMILES string of the molecule is Cc1c(C(=O)O)oc2ccc(NCCCc3cccc4ccccc34)cc12. The number of aryl methyl sites for hydroxylation is 2. The van der Waals surface area contributed by atoms with Crippen molar-refractivity contribution in [1.82, 2.24) is 0 Å². The van der Waals surface area contributed by atoms with E-state index in [9.17, 15) is 9.90 Å². The lowest BCUT2D eigenvalue weighted by Gasteiger charge is -2.09. The second-order valence-electron chi connectivity index (χ2n) is 6.74. The summed E-state index contributed by atoms with van der Waals surface area (Å²) >= 11 is 0. The Kier molecular flexibility index (Phi) is 4.55.